The van der Waals surface area contributed by atoms with Crippen molar-refractivity contribution in [3.63, 3.8) is 0 Å². The highest BCUT2D eigenvalue weighted by Gasteiger charge is 2.05. The Morgan fingerprint density at radius 1 is 0.478 bits per heavy atom. The number of hydrogen-bond acceptors (Lipinski definition) is 0. The Balaban J connectivity index is 3.29. The molecule has 0 amide bonds. The standard InChI is InChI=1S/C21H44ClN/c1-3-5-7-9-11-13-15-17-19-23(21-22)20-18-16-14-12-10-8-6-4-2/h3-21H2,1-2H3/p+1. The van der Waals surface area contributed by atoms with Crippen molar-refractivity contribution >= 4 is 11.6 Å². The Hall–Kier alpha value is 0.250. The molecule has 0 spiro atoms. The Bertz CT molecular complexity index is 188. The van der Waals surface area contributed by atoms with Gasteiger partial charge < -0.3 is 4.90 Å². The minimum absolute atomic E-state index is 0.799. The Labute approximate surface area is 152 Å². The molecular weight excluding hydrogens is 302 g/mol. The third kappa shape index (κ3) is 18.4. The zero-order valence-electron chi connectivity index (χ0n) is 16.3. The Morgan fingerprint density at radius 3 is 1.09 bits per heavy atom. The predicted octanol–water partition coefficient (Wildman–Crippen LogP) is 6.35. The van der Waals surface area contributed by atoms with Gasteiger partial charge in [-0.3, -0.25) is 0 Å². The van der Waals surface area contributed by atoms with E-state index >= 15 is 0 Å². The zero-order valence-corrected chi connectivity index (χ0v) is 17.1. The molecule has 0 bridgehead atoms. The number of halogens is 1. The van der Waals surface area contributed by atoms with E-state index in [0.29, 0.717) is 0 Å². The average Bonchev–Trinajstić information content (AvgIpc) is 2.57. The van der Waals surface area contributed by atoms with E-state index in [1.165, 1.54) is 116 Å². The monoisotopic (exact) mass is 346 g/mol. The summed E-state index contributed by atoms with van der Waals surface area (Å²) in [5.41, 5.74) is 0. The molecule has 0 radical (unpaired) electrons. The fraction of sp³-hybridized carbons (Fsp3) is 1.00. The fourth-order valence-corrected chi connectivity index (χ4v) is 3.54. The van der Waals surface area contributed by atoms with Gasteiger partial charge in [-0.25, -0.2) is 0 Å². The molecule has 0 saturated carbocycles. The normalized spacial score (nSPS) is 11.5. The van der Waals surface area contributed by atoms with Crippen LogP contribution in [0.5, 0.6) is 0 Å². The Morgan fingerprint density at radius 2 is 0.783 bits per heavy atom. The molecule has 0 aliphatic carbocycles. The molecule has 0 aromatic heterocycles. The third-order valence-electron chi connectivity index (χ3n) is 4.96. The fourth-order valence-electron chi connectivity index (χ4n) is 3.28. The maximum absolute atomic E-state index is 6.13. The molecule has 140 valence electrons. The van der Waals surface area contributed by atoms with Crippen molar-refractivity contribution in [3.8, 4) is 0 Å². The lowest BCUT2D eigenvalue weighted by Crippen LogP contribution is -3.11. The number of rotatable bonds is 19. The number of alkyl halides is 1. The van der Waals surface area contributed by atoms with Crippen LogP contribution < -0.4 is 4.90 Å². The topological polar surface area (TPSA) is 4.44 Å². The summed E-state index contributed by atoms with van der Waals surface area (Å²) < 4.78 is 0. The van der Waals surface area contributed by atoms with Crippen molar-refractivity contribution in [1.82, 2.24) is 0 Å². The maximum atomic E-state index is 6.13. The van der Waals surface area contributed by atoms with E-state index in [-0.39, 0.29) is 0 Å². The second kappa shape index (κ2) is 20.3. The highest BCUT2D eigenvalue weighted by Crippen LogP contribution is 2.08. The quantitative estimate of drug-likeness (QED) is 0.158. The van der Waals surface area contributed by atoms with Gasteiger partial charge >= 0.3 is 0 Å². The van der Waals surface area contributed by atoms with E-state index in [4.69, 9.17) is 11.6 Å². The summed E-state index contributed by atoms with van der Waals surface area (Å²) >= 11 is 6.13. The highest BCUT2D eigenvalue weighted by molar-refractivity contribution is 6.16. The van der Waals surface area contributed by atoms with Gasteiger partial charge in [-0.05, 0) is 25.7 Å². The number of quaternary nitrogens is 1. The molecule has 0 aromatic carbocycles. The van der Waals surface area contributed by atoms with Crippen LogP contribution in [0, 0.1) is 0 Å². The molecule has 0 unspecified atom stereocenters. The summed E-state index contributed by atoms with van der Waals surface area (Å²) in [6.07, 6.45) is 22.6. The van der Waals surface area contributed by atoms with E-state index in [9.17, 15) is 0 Å². The lowest BCUT2D eigenvalue weighted by Gasteiger charge is -2.16. The molecule has 2 heteroatoms. The summed E-state index contributed by atoms with van der Waals surface area (Å²) in [5, 5.41) is 0. The SMILES string of the molecule is CCCCCCCCCC[NH+](CCl)CCCCCCCCCC. The highest BCUT2D eigenvalue weighted by atomic mass is 35.5. The van der Waals surface area contributed by atoms with Crippen molar-refractivity contribution in [1.29, 1.82) is 0 Å². The first kappa shape index (κ1) is 23.2. The van der Waals surface area contributed by atoms with Crippen molar-refractivity contribution in [2.24, 2.45) is 0 Å². The predicted molar refractivity (Wildman–Crippen MR) is 107 cm³/mol. The molecule has 0 atom stereocenters. The summed E-state index contributed by atoms with van der Waals surface area (Å²) in [5.74, 6) is 0. The largest absolute Gasteiger partial charge is 0.322 e. The molecular formula is C21H45ClN+. The second-order valence-electron chi connectivity index (χ2n) is 7.33. The van der Waals surface area contributed by atoms with Gasteiger partial charge in [0.25, 0.3) is 0 Å². The van der Waals surface area contributed by atoms with Crippen molar-refractivity contribution in [2.75, 3.05) is 19.1 Å². The zero-order chi connectivity index (χ0) is 17.0. The molecule has 0 rings (SSSR count). The summed E-state index contributed by atoms with van der Waals surface area (Å²) in [4.78, 5) is 1.61. The minimum atomic E-state index is 0.799. The number of nitrogens with one attached hydrogen (secondary N) is 1. The first-order valence-electron chi connectivity index (χ1n) is 10.7. The smallest absolute Gasteiger partial charge is 0.153 e. The van der Waals surface area contributed by atoms with E-state index in [0.717, 1.165) is 6.00 Å². The van der Waals surface area contributed by atoms with E-state index in [1.54, 1.807) is 4.90 Å². The van der Waals surface area contributed by atoms with Gasteiger partial charge in [-0.15, -0.1) is 0 Å². The van der Waals surface area contributed by atoms with Crippen LogP contribution in [0.1, 0.15) is 117 Å². The van der Waals surface area contributed by atoms with Crippen LogP contribution in [-0.4, -0.2) is 19.1 Å². The Kier molecular flexibility index (Phi) is 20.5. The van der Waals surface area contributed by atoms with Crippen molar-refractivity contribution in [2.45, 2.75) is 117 Å². The van der Waals surface area contributed by atoms with E-state index in [2.05, 4.69) is 13.8 Å². The van der Waals surface area contributed by atoms with Gasteiger partial charge in [0.1, 0.15) is 0 Å². The van der Waals surface area contributed by atoms with Gasteiger partial charge in [0.2, 0.25) is 0 Å². The second-order valence-corrected chi connectivity index (χ2v) is 7.60. The van der Waals surface area contributed by atoms with Gasteiger partial charge in [-0.2, -0.15) is 0 Å². The molecule has 0 aromatic rings. The van der Waals surface area contributed by atoms with Crippen molar-refractivity contribution in [3.05, 3.63) is 0 Å². The summed E-state index contributed by atoms with van der Waals surface area (Å²) in [6.45, 7) is 7.15. The summed E-state index contributed by atoms with van der Waals surface area (Å²) in [7, 11) is 0. The molecule has 1 N–H and O–H groups in total. The molecule has 0 aliphatic heterocycles. The van der Waals surface area contributed by atoms with Crippen LogP contribution in [0.25, 0.3) is 0 Å². The summed E-state index contributed by atoms with van der Waals surface area (Å²) in [6, 6.07) is 0.799. The van der Waals surface area contributed by atoms with E-state index in [1.807, 2.05) is 0 Å². The van der Waals surface area contributed by atoms with Crippen LogP contribution >= 0.6 is 11.6 Å². The average molecular weight is 347 g/mol. The molecule has 1 nitrogen and oxygen atoms in total. The van der Waals surface area contributed by atoms with Crippen LogP contribution in [0.2, 0.25) is 0 Å². The third-order valence-corrected chi connectivity index (χ3v) is 5.33. The lowest BCUT2D eigenvalue weighted by molar-refractivity contribution is -0.889. The molecule has 0 fully saturated rings. The van der Waals surface area contributed by atoms with Crippen molar-refractivity contribution < 1.29 is 4.90 Å². The first-order valence-corrected chi connectivity index (χ1v) is 11.3. The van der Waals surface area contributed by atoms with Gasteiger partial charge in [0, 0.05) is 0 Å². The molecule has 0 aliphatic rings. The lowest BCUT2D eigenvalue weighted by atomic mass is 10.1. The minimum Gasteiger partial charge on any atom is -0.322 e. The molecule has 23 heavy (non-hydrogen) atoms. The van der Waals surface area contributed by atoms with Gasteiger partial charge in [0.05, 0.1) is 13.1 Å². The molecule has 0 heterocycles. The number of hydrogen-bond donors (Lipinski definition) is 1. The first-order chi connectivity index (χ1) is 11.3. The van der Waals surface area contributed by atoms with Gasteiger partial charge in [-0.1, -0.05) is 102 Å². The molecule has 0 saturated heterocycles. The maximum Gasteiger partial charge on any atom is 0.153 e. The van der Waals surface area contributed by atoms with Crippen LogP contribution in [0.15, 0.2) is 0 Å². The van der Waals surface area contributed by atoms with Crippen LogP contribution in [0.3, 0.4) is 0 Å². The van der Waals surface area contributed by atoms with Gasteiger partial charge in [0.15, 0.2) is 6.00 Å². The van der Waals surface area contributed by atoms with Crippen LogP contribution in [0.4, 0.5) is 0 Å². The number of unbranched alkanes of at least 4 members (excludes halogenated alkanes) is 14. The van der Waals surface area contributed by atoms with E-state index < -0.39 is 0 Å². The van der Waals surface area contributed by atoms with Crippen LogP contribution in [-0.2, 0) is 0 Å².